The van der Waals surface area contributed by atoms with Gasteiger partial charge in [-0.1, -0.05) is 19.3 Å². The van der Waals surface area contributed by atoms with E-state index in [4.69, 9.17) is 0 Å². The first-order valence-electron chi connectivity index (χ1n) is 5.49. The molecule has 1 fully saturated rings. The number of aliphatic hydroxyl groups is 1. The van der Waals surface area contributed by atoms with Gasteiger partial charge in [0.15, 0.2) is 0 Å². The van der Waals surface area contributed by atoms with Gasteiger partial charge in [0.05, 0.1) is 13.2 Å². The highest BCUT2D eigenvalue weighted by Gasteiger charge is 2.22. The highest BCUT2D eigenvalue weighted by Crippen LogP contribution is 2.26. The Kier molecular flexibility index (Phi) is 4.94. The summed E-state index contributed by atoms with van der Waals surface area (Å²) in [5.74, 6) is 0.137. The van der Waals surface area contributed by atoms with Gasteiger partial charge in [-0.25, -0.2) is 0 Å². The van der Waals surface area contributed by atoms with Crippen molar-refractivity contribution in [1.82, 2.24) is 0 Å². The zero-order chi connectivity index (χ0) is 10.4. The van der Waals surface area contributed by atoms with Crippen LogP contribution in [-0.4, -0.2) is 24.3 Å². The second kappa shape index (κ2) is 6.02. The average Bonchev–Trinajstić information content (AvgIpc) is 2.39. The fraction of sp³-hybridized carbons (Fsp3) is 0.909. The fourth-order valence-corrected chi connectivity index (χ4v) is 2.11. The molecule has 1 rings (SSSR count). The molecule has 0 aliphatic heterocycles. The van der Waals surface area contributed by atoms with Crippen molar-refractivity contribution in [2.24, 2.45) is 5.92 Å². The monoisotopic (exact) mass is 200 g/mol. The minimum atomic E-state index is -0.206. The molecule has 1 saturated carbocycles. The molecule has 0 saturated heterocycles. The van der Waals surface area contributed by atoms with Crippen LogP contribution in [0, 0.1) is 5.92 Å². The summed E-state index contributed by atoms with van der Waals surface area (Å²) in [5.41, 5.74) is 0. The molecule has 0 unspecified atom stereocenters. The van der Waals surface area contributed by atoms with E-state index in [1.165, 1.54) is 20.0 Å². The third-order valence-corrected chi connectivity index (χ3v) is 3.07. The molecule has 0 aromatic rings. The van der Waals surface area contributed by atoms with E-state index in [1.54, 1.807) is 0 Å². The lowest BCUT2D eigenvalue weighted by Gasteiger charge is -2.19. The van der Waals surface area contributed by atoms with Crippen LogP contribution in [0.3, 0.4) is 0 Å². The van der Waals surface area contributed by atoms with Crippen LogP contribution in [0.2, 0.25) is 0 Å². The normalized spacial score (nSPS) is 28.1. The van der Waals surface area contributed by atoms with Gasteiger partial charge in [-0.3, -0.25) is 4.79 Å². The van der Waals surface area contributed by atoms with Crippen molar-refractivity contribution >= 4 is 5.97 Å². The molecule has 0 amide bonds. The Hall–Kier alpha value is -0.570. The molecular weight excluding hydrogens is 180 g/mol. The number of carbonyl (C=O) groups excluding carboxylic acids is 1. The van der Waals surface area contributed by atoms with Gasteiger partial charge in [-0.15, -0.1) is 0 Å². The number of methoxy groups -OCH3 is 1. The molecule has 2 atom stereocenters. The van der Waals surface area contributed by atoms with Crippen LogP contribution >= 0.6 is 0 Å². The summed E-state index contributed by atoms with van der Waals surface area (Å²) in [6, 6.07) is 0. The van der Waals surface area contributed by atoms with Crippen LogP contribution in [0.1, 0.15) is 44.9 Å². The third kappa shape index (κ3) is 3.66. The van der Waals surface area contributed by atoms with Crippen LogP contribution in [-0.2, 0) is 9.53 Å². The Morgan fingerprint density at radius 2 is 2.07 bits per heavy atom. The van der Waals surface area contributed by atoms with Crippen LogP contribution in [0.15, 0.2) is 0 Å². The topological polar surface area (TPSA) is 46.5 Å². The predicted molar refractivity (Wildman–Crippen MR) is 53.8 cm³/mol. The second-order valence-electron chi connectivity index (χ2n) is 4.08. The Morgan fingerprint density at radius 1 is 1.36 bits per heavy atom. The van der Waals surface area contributed by atoms with Gasteiger partial charge < -0.3 is 9.84 Å². The van der Waals surface area contributed by atoms with Crippen molar-refractivity contribution < 1.29 is 14.6 Å². The van der Waals surface area contributed by atoms with Gasteiger partial charge in [0, 0.05) is 6.42 Å². The molecule has 0 aromatic heterocycles. The molecule has 0 aromatic carbocycles. The van der Waals surface area contributed by atoms with E-state index in [9.17, 15) is 9.90 Å². The maximum Gasteiger partial charge on any atom is 0.305 e. The lowest BCUT2D eigenvalue weighted by atomic mass is 9.92. The van der Waals surface area contributed by atoms with Gasteiger partial charge >= 0.3 is 5.97 Å². The van der Waals surface area contributed by atoms with E-state index in [0.717, 1.165) is 25.7 Å². The van der Waals surface area contributed by atoms with Crippen LogP contribution in [0.4, 0.5) is 0 Å². The van der Waals surface area contributed by atoms with Crippen molar-refractivity contribution in [3.8, 4) is 0 Å². The van der Waals surface area contributed by atoms with Gasteiger partial charge in [-0.05, 0) is 25.2 Å². The number of rotatable bonds is 3. The number of esters is 1. The Balaban J connectivity index is 2.29. The van der Waals surface area contributed by atoms with Gasteiger partial charge in [-0.2, -0.15) is 0 Å². The number of hydrogen-bond acceptors (Lipinski definition) is 3. The Morgan fingerprint density at radius 3 is 2.79 bits per heavy atom. The maximum absolute atomic E-state index is 10.9. The summed E-state index contributed by atoms with van der Waals surface area (Å²) in [6.07, 6.45) is 6.47. The van der Waals surface area contributed by atoms with E-state index in [2.05, 4.69) is 4.74 Å². The predicted octanol–water partition coefficient (Wildman–Crippen LogP) is 1.88. The molecule has 3 heteroatoms. The number of ether oxygens (including phenoxy) is 1. The van der Waals surface area contributed by atoms with E-state index in [0.29, 0.717) is 12.3 Å². The van der Waals surface area contributed by atoms with Crippen molar-refractivity contribution in [2.45, 2.75) is 51.0 Å². The van der Waals surface area contributed by atoms with Crippen molar-refractivity contribution in [2.75, 3.05) is 7.11 Å². The highest BCUT2D eigenvalue weighted by atomic mass is 16.5. The largest absolute Gasteiger partial charge is 0.469 e. The average molecular weight is 200 g/mol. The summed E-state index contributed by atoms with van der Waals surface area (Å²) >= 11 is 0. The van der Waals surface area contributed by atoms with Gasteiger partial charge in [0.1, 0.15) is 0 Å². The van der Waals surface area contributed by atoms with Crippen molar-refractivity contribution in [3.63, 3.8) is 0 Å². The molecule has 0 heterocycles. The molecule has 1 N–H and O–H groups in total. The standard InChI is InChI=1S/C11H20O3/c1-14-11(13)8-7-9-5-3-2-4-6-10(9)12/h9-10,12H,2-8H2,1H3/t9-,10-/m1/s1. The van der Waals surface area contributed by atoms with Crippen molar-refractivity contribution in [3.05, 3.63) is 0 Å². The first-order chi connectivity index (χ1) is 6.74. The van der Waals surface area contributed by atoms with Crippen LogP contribution < -0.4 is 0 Å². The maximum atomic E-state index is 10.9. The number of hydrogen-bond donors (Lipinski definition) is 1. The van der Waals surface area contributed by atoms with E-state index in [1.807, 2.05) is 0 Å². The van der Waals surface area contributed by atoms with Crippen LogP contribution in [0.25, 0.3) is 0 Å². The molecule has 82 valence electrons. The summed E-state index contributed by atoms with van der Waals surface area (Å²) in [4.78, 5) is 10.9. The first kappa shape index (κ1) is 11.5. The summed E-state index contributed by atoms with van der Waals surface area (Å²) < 4.78 is 4.59. The zero-order valence-corrected chi connectivity index (χ0v) is 8.87. The van der Waals surface area contributed by atoms with E-state index in [-0.39, 0.29) is 12.1 Å². The lowest BCUT2D eigenvalue weighted by molar-refractivity contribution is -0.141. The Bertz CT molecular complexity index is 179. The zero-order valence-electron chi connectivity index (χ0n) is 8.87. The molecular formula is C11H20O3. The molecule has 14 heavy (non-hydrogen) atoms. The first-order valence-corrected chi connectivity index (χ1v) is 5.49. The minimum Gasteiger partial charge on any atom is -0.469 e. The van der Waals surface area contributed by atoms with Gasteiger partial charge in [0.2, 0.25) is 0 Å². The lowest BCUT2D eigenvalue weighted by Crippen LogP contribution is -2.20. The molecule has 0 bridgehead atoms. The quantitative estimate of drug-likeness (QED) is 0.559. The summed E-state index contributed by atoms with van der Waals surface area (Å²) in [5, 5.41) is 9.78. The van der Waals surface area contributed by atoms with Crippen LogP contribution in [0.5, 0.6) is 0 Å². The van der Waals surface area contributed by atoms with E-state index >= 15 is 0 Å². The molecule has 0 radical (unpaired) electrons. The summed E-state index contributed by atoms with van der Waals surface area (Å²) in [7, 11) is 1.41. The smallest absolute Gasteiger partial charge is 0.305 e. The molecule has 0 spiro atoms. The molecule has 1 aliphatic carbocycles. The highest BCUT2D eigenvalue weighted by molar-refractivity contribution is 5.69. The SMILES string of the molecule is COC(=O)CC[C@H]1CCCCC[C@H]1O. The van der Waals surface area contributed by atoms with Gasteiger partial charge in [0.25, 0.3) is 0 Å². The molecule has 1 aliphatic rings. The fourth-order valence-electron chi connectivity index (χ4n) is 2.11. The van der Waals surface area contributed by atoms with Crippen molar-refractivity contribution in [1.29, 1.82) is 0 Å². The number of aliphatic hydroxyl groups excluding tert-OH is 1. The van der Waals surface area contributed by atoms with E-state index < -0.39 is 0 Å². The third-order valence-electron chi connectivity index (χ3n) is 3.07. The summed E-state index contributed by atoms with van der Waals surface area (Å²) in [6.45, 7) is 0. The number of carbonyl (C=O) groups is 1. The Labute approximate surface area is 85.5 Å². The minimum absolute atomic E-state index is 0.165. The second-order valence-corrected chi connectivity index (χ2v) is 4.08. The molecule has 3 nitrogen and oxygen atoms in total.